The first kappa shape index (κ1) is 17.8. The quantitative estimate of drug-likeness (QED) is 0.869. The summed E-state index contributed by atoms with van der Waals surface area (Å²) in [6.07, 6.45) is 2.68. The lowest BCUT2D eigenvalue weighted by atomic mass is 10.1. The molecule has 1 amide bonds. The average Bonchev–Trinajstić information content (AvgIpc) is 3.14. The molecular weight excluding hydrogens is 336 g/mol. The number of hydrogen-bond donors (Lipinski definition) is 2. The maximum Gasteiger partial charge on any atom is 0.242 e. The van der Waals surface area contributed by atoms with Crippen molar-refractivity contribution in [3.63, 3.8) is 0 Å². The van der Waals surface area contributed by atoms with Gasteiger partial charge in [0.1, 0.15) is 11.6 Å². The van der Waals surface area contributed by atoms with E-state index in [9.17, 15) is 4.79 Å². The molecule has 0 aromatic carbocycles. The Morgan fingerprint density at radius 3 is 2.80 bits per heavy atom. The third-order valence-corrected chi connectivity index (χ3v) is 4.95. The second-order valence-electron chi connectivity index (χ2n) is 7.11. The topological polar surface area (TPSA) is 97.0 Å². The second kappa shape index (κ2) is 6.68. The van der Waals surface area contributed by atoms with Crippen LogP contribution >= 0.6 is 11.3 Å². The van der Waals surface area contributed by atoms with Gasteiger partial charge in [0, 0.05) is 41.8 Å². The molecule has 1 saturated heterocycles. The van der Waals surface area contributed by atoms with Gasteiger partial charge in [0.15, 0.2) is 5.13 Å². The van der Waals surface area contributed by atoms with Crippen LogP contribution in [0.3, 0.4) is 0 Å². The van der Waals surface area contributed by atoms with Gasteiger partial charge in [-0.1, -0.05) is 0 Å². The molecule has 1 aliphatic heterocycles. The molecule has 134 valence electrons. The molecule has 1 fully saturated rings. The van der Waals surface area contributed by atoms with Crippen LogP contribution in [0.4, 0.5) is 10.9 Å². The molecule has 3 N–H and O–H groups in total. The number of likely N-dealkylation sites (tertiary alicyclic amines) is 1. The van der Waals surface area contributed by atoms with Crippen LogP contribution in [0.25, 0.3) is 0 Å². The second-order valence-corrected chi connectivity index (χ2v) is 8.35. The van der Waals surface area contributed by atoms with Crippen LogP contribution in [0.5, 0.6) is 0 Å². The Morgan fingerprint density at radius 2 is 2.16 bits per heavy atom. The molecule has 0 bridgehead atoms. The minimum Gasteiger partial charge on any atom is -0.340 e. The Morgan fingerprint density at radius 1 is 1.40 bits per heavy atom. The Kier molecular flexibility index (Phi) is 4.75. The molecular formula is C17H24N6OS. The zero-order valence-electron chi connectivity index (χ0n) is 15.0. The molecule has 0 aliphatic carbocycles. The Balaban J connectivity index is 1.76. The Labute approximate surface area is 151 Å². The molecule has 3 rings (SSSR count). The highest BCUT2D eigenvalue weighted by molar-refractivity contribution is 7.15. The first-order valence-electron chi connectivity index (χ1n) is 8.35. The van der Waals surface area contributed by atoms with Gasteiger partial charge in [0.25, 0.3) is 0 Å². The van der Waals surface area contributed by atoms with E-state index >= 15 is 0 Å². The average molecular weight is 360 g/mol. The van der Waals surface area contributed by atoms with E-state index < -0.39 is 5.54 Å². The molecule has 1 aliphatic rings. The van der Waals surface area contributed by atoms with Gasteiger partial charge in [-0.2, -0.15) is 0 Å². The van der Waals surface area contributed by atoms with Crippen LogP contribution in [-0.2, 0) is 4.79 Å². The van der Waals surface area contributed by atoms with Crippen LogP contribution in [0.1, 0.15) is 42.6 Å². The van der Waals surface area contributed by atoms with Gasteiger partial charge >= 0.3 is 0 Å². The number of aryl methyl sites for hydroxylation is 2. The van der Waals surface area contributed by atoms with E-state index in [0.717, 1.165) is 33.8 Å². The van der Waals surface area contributed by atoms with Crippen molar-refractivity contribution in [2.45, 2.75) is 45.6 Å². The number of hydrogen-bond acceptors (Lipinski definition) is 7. The lowest BCUT2D eigenvalue weighted by molar-refractivity contribution is -0.134. The van der Waals surface area contributed by atoms with E-state index in [0.29, 0.717) is 13.1 Å². The van der Waals surface area contributed by atoms with Crippen LogP contribution < -0.4 is 11.1 Å². The van der Waals surface area contributed by atoms with Crippen LogP contribution in [0.2, 0.25) is 0 Å². The van der Waals surface area contributed by atoms with Gasteiger partial charge in [0.05, 0.1) is 5.54 Å². The summed E-state index contributed by atoms with van der Waals surface area (Å²) in [5.41, 5.74) is 5.98. The van der Waals surface area contributed by atoms with Crippen molar-refractivity contribution >= 4 is 28.2 Å². The van der Waals surface area contributed by atoms with Gasteiger partial charge in [-0.3, -0.25) is 4.79 Å². The molecule has 1 atom stereocenters. The molecule has 1 unspecified atom stereocenters. The summed E-state index contributed by atoms with van der Waals surface area (Å²) in [5, 5.41) is 4.06. The van der Waals surface area contributed by atoms with Gasteiger partial charge in [-0.25, -0.2) is 15.0 Å². The summed E-state index contributed by atoms with van der Waals surface area (Å²) in [7, 11) is 0. The number of nitrogens with two attached hydrogens (primary N) is 1. The molecule has 0 spiro atoms. The number of aromatic nitrogens is 3. The molecule has 2 aromatic rings. The SMILES string of the molecule is Cc1cc(Nc2ncc(C)s2)nc(C2CCN(C(=O)C(C)(C)N)C2)n1. The maximum absolute atomic E-state index is 12.4. The monoisotopic (exact) mass is 360 g/mol. The van der Waals surface area contributed by atoms with Crippen molar-refractivity contribution in [1.29, 1.82) is 0 Å². The number of carbonyl (C=O) groups is 1. The standard InChI is InChI=1S/C17H24N6OS/c1-10-7-13(22-16-19-8-11(2)25-16)21-14(20-10)12-5-6-23(9-12)15(24)17(3,4)18/h7-8,12H,5-6,9,18H2,1-4H3,(H,19,20,21,22). The highest BCUT2D eigenvalue weighted by Gasteiger charge is 2.34. The third kappa shape index (κ3) is 4.13. The predicted octanol–water partition coefficient (Wildman–Crippen LogP) is 2.35. The molecule has 0 saturated carbocycles. The summed E-state index contributed by atoms with van der Waals surface area (Å²) >= 11 is 1.58. The van der Waals surface area contributed by atoms with Crippen LogP contribution in [0.15, 0.2) is 12.3 Å². The summed E-state index contributed by atoms with van der Waals surface area (Å²) in [5.74, 6) is 1.60. The summed E-state index contributed by atoms with van der Waals surface area (Å²) in [6.45, 7) is 8.75. The van der Waals surface area contributed by atoms with Gasteiger partial charge in [0.2, 0.25) is 5.91 Å². The summed E-state index contributed by atoms with van der Waals surface area (Å²) < 4.78 is 0. The zero-order chi connectivity index (χ0) is 18.2. The van der Waals surface area contributed by atoms with Crippen molar-refractivity contribution in [1.82, 2.24) is 19.9 Å². The molecule has 8 heteroatoms. The number of amides is 1. The Bertz CT molecular complexity index is 782. The molecule has 3 heterocycles. The molecule has 7 nitrogen and oxygen atoms in total. The summed E-state index contributed by atoms with van der Waals surface area (Å²) in [6, 6.07) is 1.90. The minimum absolute atomic E-state index is 0.0285. The number of nitrogens with zero attached hydrogens (tertiary/aromatic N) is 4. The largest absolute Gasteiger partial charge is 0.340 e. The van der Waals surface area contributed by atoms with Crippen molar-refractivity contribution in [3.8, 4) is 0 Å². The smallest absolute Gasteiger partial charge is 0.242 e. The first-order valence-corrected chi connectivity index (χ1v) is 9.17. The van der Waals surface area contributed by atoms with E-state index in [-0.39, 0.29) is 11.8 Å². The summed E-state index contributed by atoms with van der Waals surface area (Å²) in [4.78, 5) is 28.9. The van der Waals surface area contributed by atoms with Crippen LogP contribution in [-0.4, -0.2) is 44.4 Å². The van der Waals surface area contributed by atoms with Crippen LogP contribution in [0, 0.1) is 13.8 Å². The fourth-order valence-corrected chi connectivity index (χ4v) is 3.59. The van der Waals surface area contributed by atoms with E-state index in [1.54, 1.807) is 25.2 Å². The maximum atomic E-state index is 12.4. The Hall–Kier alpha value is -2.06. The highest BCUT2D eigenvalue weighted by Crippen LogP contribution is 2.28. The number of carbonyl (C=O) groups excluding carboxylic acids is 1. The zero-order valence-corrected chi connectivity index (χ0v) is 15.9. The van der Waals surface area contributed by atoms with E-state index in [2.05, 4.69) is 20.3 Å². The fraction of sp³-hybridized carbons (Fsp3) is 0.529. The fourth-order valence-electron chi connectivity index (χ4n) is 2.92. The van der Waals surface area contributed by atoms with Crippen molar-refractivity contribution in [2.75, 3.05) is 18.4 Å². The lowest BCUT2D eigenvalue weighted by Gasteiger charge is -2.25. The van der Waals surface area contributed by atoms with E-state index in [1.807, 2.05) is 31.0 Å². The number of thiazole rings is 1. The lowest BCUT2D eigenvalue weighted by Crippen LogP contribution is -2.50. The number of anilines is 2. The van der Waals surface area contributed by atoms with Gasteiger partial charge in [-0.15, -0.1) is 11.3 Å². The van der Waals surface area contributed by atoms with Crippen molar-refractivity contribution in [2.24, 2.45) is 5.73 Å². The normalized spacial score (nSPS) is 17.8. The predicted molar refractivity (Wildman–Crippen MR) is 99.1 cm³/mol. The number of rotatable bonds is 4. The van der Waals surface area contributed by atoms with Crippen molar-refractivity contribution in [3.05, 3.63) is 28.7 Å². The number of nitrogens with one attached hydrogen (secondary N) is 1. The minimum atomic E-state index is -0.849. The van der Waals surface area contributed by atoms with E-state index in [4.69, 9.17) is 5.73 Å². The van der Waals surface area contributed by atoms with Crippen molar-refractivity contribution < 1.29 is 4.79 Å². The van der Waals surface area contributed by atoms with Gasteiger partial charge in [-0.05, 0) is 34.1 Å². The highest BCUT2D eigenvalue weighted by atomic mass is 32.1. The molecule has 0 radical (unpaired) electrons. The first-order chi connectivity index (χ1) is 11.7. The van der Waals surface area contributed by atoms with E-state index in [1.165, 1.54) is 0 Å². The van der Waals surface area contributed by atoms with Gasteiger partial charge < -0.3 is 16.0 Å². The molecule has 25 heavy (non-hydrogen) atoms. The molecule has 2 aromatic heterocycles. The third-order valence-electron chi connectivity index (χ3n) is 4.12.